The number of Topliss-reactive ketones (excluding diaryl/α,β-unsaturated/α-hetero) is 1. The van der Waals surface area contributed by atoms with Crippen LogP contribution in [0, 0.1) is 10.8 Å². The molecule has 1 aliphatic carbocycles. The molecule has 0 spiro atoms. The van der Waals surface area contributed by atoms with Gasteiger partial charge in [-0.2, -0.15) is 0 Å². The van der Waals surface area contributed by atoms with E-state index in [0.717, 1.165) is 6.92 Å². The molecule has 0 N–H and O–H groups in total. The van der Waals surface area contributed by atoms with Gasteiger partial charge in [-0.05, 0) is 25.1 Å². The Balaban J connectivity index is 2.94. The highest BCUT2D eigenvalue weighted by Gasteiger charge is 2.64. The van der Waals surface area contributed by atoms with Gasteiger partial charge in [-0.1, -0.05) is 13.7 Å². The Morgan fingerprint density at radius 1 is 1.62 bits per heavy atom. The van der Waals surface area contributed by atoms with Crippen LogP contribution in [0.2, 0.25) is 0 Å². The highest BCUT2D eigenvalue weighted by molar-refractivity contribution is 6.11. The lowest BCUT2D eigenvalue weighted by molar-refractivity contribution is -0.151. The number of hydrogen-bond donors (Lipinski definition) is 0. The molecule has 0 aromatic carbocycles. The van der Waals surface area contributed by atoms with Crippen LogP contribution < -0.4 is 0 Å². The highest BCUT2D eigenvalue weighted by Crippen LogP contribution is 2.53. The summed E-state index contributed by atoms with van der Waals surface area (Å²) < 4.78 is 66.5. The van der Waals surface area contributed by atoms with Gasteiger partial charge in [0.2, 0.25) is 0 Å². The average Bonchev–Trinajstić information content (AvgIpc) is 2.36. The summed E-state index contributed by atoms with van der Waals surface area (Å²) in [5.74, 6) is -2.26. The van der Waals surface area contributed by atoms with Crippen molar-refractivity contribution in [3.05, 3.63) is 0 Å². The largest absolute Gasteiger partial charge is 0.454 e. The van der Waals surface area contributed by atoms with Crippen molar-refractivity contribution in [1.82, 2.24) is 0 Å². The second kappa shape index (κ2) is 2.14. The van der Waals surface area contributed by atoms with E-state index in [1.807, 2.05) is 0 Å². The maximum atomic E-state index is 12.3. The van der Waals surface area contributed by atoms with Gasteiger partial charge in [0.15, 0.2) is 11.9 Å². The molecule has 2 atom stereocenters. The first-order valence-corrected chi connectivity index (χ1v) is 3.90. The molecule has 72 valence electrons. The van der Waals surface area contributed by atoms with E-state index in [4.69, 9.17) is 15.7 Å². The zero-order valence-corrected chi connectivity index (χ0v) is 7.01. The molecule has 0 aromatic rings. The molecule has 2 fully saturated rings. The van der Waals surface area contributed by atoms with Crippen LogP contribution in [0.1, 0.15) is 44.4 Å². The fourth-order valence-electron chi connectivity index (χ4n) is 1.62. The predicted molar refractivity (Wildman–Crippen MR) is 46.0 cm³/mol. The number of esters is 1. The first kappa shape index (κ1) is 3.37. The summed E-state index contributed by atoms with van der Waals surface area (Å²) in [5, 5.41) is 0. The Bertz CT molecular complexity index is 505. The second-order valence-electron chi connectivity index (χ2n) is 3.51. The van der Waals surface area contributed by atoms with Crippen LogP contribution in [0.15, 0.2) is 0 Å². The number of ketones is 1. The van der Waals surface area contributed by atoms with Crippen LogP contribution in [0.25, 0.3) is 0 Å². The maximum Gasteiger partial charge on any atom is 0.320 e. The number of carbonyl (C=O) groups is 2. The molecule has 13 heavy (non-hydrogen) atoms. The Hall–Kier alpha value is -0.860. The van der Waals surface area contributed by atoms with Gasteiger partial charge in [0, 0.05) is 11.0 Å². The number of rotatable bonds is 0. The Kier molecular flexibility index (Phi) is 0.555. The Labute approximate surface area is 88.7 Å². The van der Waals surface area contributed by atoms with Crippen molar-refractivity contribution in [2.24, 2.45) is 10.8 Å². The van der Waals surface area contributed by atoms with Crippen LogP contribution in [-0.2, 0) is 14.3 Å². The van der Waals surface area contributed by atoms with Crippen LogP contribution >= 0.6 is 0 Å². The van der Waals surface area contributed by atoms with Crippen molar-refractivity contribution in [2.45, 2.75) is 39.5 Å². The van der Waals surface area contributed by atoms with Gasteiger partial charge in [0.1, 0.15) is 5.41 Å². The molecular formula is C10H14O3. The van der Waals surface area contributed by atoms with E-state index >= 15 is 0 Å². The minimum Gasteiger partial charge on any atom is -0.454 e. The minimum absolute atomic E-state index is 0.774. The van der Waals surface area contributed by atoms with E-state index in [2.05, 4.69) is 0 Å². The SMILES string of the molecule is [2H]C([2H])([2H])C1(C([2H])([2H])[2H])C([2H])([2H])C[C@H]2OC(=O)[C@]1(C)C2=O. The van der Waals surface area contributed by atoms with E-state index in [1.54, 1.807) is 0 Å². The smallest absolute Gasteiger partial charge is 0.320 e. The van der Waals surface area contributed by atoms with Crippen molar-refractivity contribution >= 4 is 11.8 Å². The zero-order valence-electron chi connectivity index (χ0n) is 15.0. The molecule has 1 saturated heterocycles. The molecule has 0 aromatic heterocycles. The number of carbonyl (C=O) groups excluding carboxylic acids is 2. The maximum absolute atomic E-state index is 12.3. The van der Waals surface area contributed by atoms with Crippen LogP contribution in [-0.4, -0.2) is 17.9 Å². The first-order valence-electron chi connectivity index (χ1n) is 7.90. The van der Waals surface area contributed by atoms with Gasteiger partial charge < -0.3 is 4.74 Å². The molecule has 2 aliphatic rings. The topological polar surface area (TPSA) is 43.4 Å². The van der Waals surface area contributed by atoms with Crippen molar-refractivity contribution in [2.75, 3.05) is 0 Å². The van der Waals surface area contributed by atoms with Gasteiger partial charge in [0.25, 0.3) is 0 Å². The summed E-state index contributed by atoms with van der Waals surface area (Å²) in [7, 11) is 0. The van der Waals surface area contributed by atoms with Crippen LogP contribution in [0.5, 0.6) is 0 Å². The lowest BCUT2D eigenvalue weighted by Crippen LogP contribution is -2.48. The first-order chi connectivity index (χ1) is 9.14. The fraction of sp³-hybridized carbons (Fsp3) is 0.800. The van der Waals surface area contributed by atoms with E-state index in [9.17, 15) is 9.59 Å². The molecule has 0 radical (unpaired) electrons. The molecule has 1 aliphatic heterocycles. The number of ether oxygens (including phenoxy) is 1. The summed E-state index contributed by atoms with van der Waals surface area (Å²) in [5.41, 5.74) is -5.73. The number of fused-ring (bicyclic) bond motifs is 2. The Morgan fingerprint density at radius 3 is 2.92 bits per heavy atom. The van der Waals surface area contributed by atoms with Crippen molar-refractivity contribution < 1.29 is 25.3 Å². The average molecular weight is 190 g/mol. The number of hydrogen-bond acceptors (Lipinski definition) is 3. The van der Waals surface area contributed by atoms with Gasteiger partial charge in [0.05, 0.1) is 0 Å². The molecule has 3 nitrogen and oxygen atoms in total. The third-order valence-electron chi connectivity index (χ3n) is 2.75. The Morgan fingerprint density at radius 2 is 2.31 bits per heavy atom. The standard InChI is InChI=1S/C10H14O3/c1-9(2)5-4-6-7(11)10(9,3)8(12)13-6/h6H,4-5H2,1-3H3/t6-,10+/m1/s1/i1D3,2D3,5D2. The zero-order chi connectivity index (χ0) is 16.6. The summed E-state index contributed by atoms with van der Waals surface area (Å²) in [6.45, 7) is -5.94. The lowest BCUT2D eigenvalue weighted by Gasteiger charge is -2.39. The predicted octanol–water partition coefficient (Wildman–Crippen LogP) is 1.31. The molecule has 1 saturated carbocycles. The fourth-order valence-corrected chi connectivity index (χ4v) is 1.62. The molecule has 2 rings (SSSR count). The van der Waals surface area contributed by atoms with Crippen molar-refractivity contribution in [1.29, 1.82) is 0 Å². The molecule has 3 heteroatoms. The lowest BCUT2D eigenvalue weighted by atomic mass is 9.59. The van der Waals surface area contributed by atoms with Gasteiger partial charge in [-0.25, -0.2) is 0 Å². The van der Waals surface area contributed by atoms with E-state index in [0.29, 0.717) is 0 Å². The highest BCUT2D eigenvalue weighted by atomic mass is 16.6. The van der Waals surface area contributed by atoms with E-state index in [1.165, 1.54) is 0 Å². The monoisotopic (exact) mass is 190 g/mol. The third kappa shape index (κ3) is 0.798. The van der Waals surface area contributed by atoms with Gasteiger partial charge in [-0.3, -0.25) is 9.59 Å². The summed E-state index contributed by atoms with van der Waals surface area (Å²) in [4.78, 5) is 24.4. The van der Waals surface area contributed by atoms with E-state index in [-0.39, 0.29) is 0 Å². The molecule has 0 unspecified atom stereocenters. The minimum atomic E-state index is -3.40. The molecule has 1 heterocycles. The van der Waals surface area contributed by atoms with Crippen molar-refractivity contribution in [3.8, 4) is 0 Å². The van der Waals surface area contributed by atoms with Crippen LogP contribution in [0.4, 0.5) is 0 Å². The summed E-state index contributed by atoms with van der Waals surface area (Å²) >= 11 is 0. The third-order valence-corrected chi connectivity index (χ3v) is 2.75. The molecule has 2 bridgehead atoms. The summed E-state index contributed by atoms with van der Waals surface area (Å²) in [6, 6.07) is 0. The quantitative estimate of drug-likeness (QED) is 0.427. The van der Waals surface area contributed by atoms with Crippen LogP contribution in [0.3, 0.4) is 0 Å². The second-order valence-corrected chi connectivity index (χ2v) is 3.51. The van der Waals surface area contributed by atoms with Gasteiger partial charge in [-0.15, -0.1) is 0 Å². The molecule has 0 amide bonds. The van der Waals surface area contributed by atoms with E-state index < -0.39 is 55.2 Å². The normalized spacial score (nSPS) is 56.8. The van der Waals surface area contributed by atoms with Crippen molar-refractivity contribution in [3.63, 3.8) is 0 Å². The molecular weight excluding hydrogens is 168 g/mol. The summed E-state index contributed by atoms with van der Waals surface area (Å²) in [6.07, 6.45) is -5.01. The van der Waals surface area contributed by atoms with Gasteiger partial charge >= 0.3 is 5.97 Å².